The zero-order valence-corrected chi connectivity index (χ0v) is 32.9. The SMILES string of the molecule is COC(=O)N[C@H](C(=O)N1CCCC1c1nc2ccc(-c3cc4sc(-c5cnc([C@@H]6CCCN6C(=O)[C@@H](NC(=O)OC)C(C)C)[nH]5)cc4s3)cc2[nH]1)C(C)C. The Labute approximate surface area is 321 Å². The topological polar surface area (TPSA) is 175 Å². The molecule has 4 aromatic heterocycles. The summed E-state index contributed by atoms with van der Waals surface area (Å²) in [6.45, 7) is 8.82. The molecule has 4 N–H and O–H groups in total. The summed E-state index contributed by atoms with van der Waals surface area (Å²) >= 11 is 3.41. The third-order valence-electron chi connectivity index (χ3n) is 10.3. The van der Waals surface area contributed by atoms with Crippen LogP contribution in [0.1, 0.15) is 77.1 Å². The normalized spacial score (nSPS) is 18.5. The van der Waals surface area contributed by atoms with Gasteiger partial charge in [-0.25, -0.2) is 19.6 Å². The van der Waals surface area contributed by atoms with Crippen LogP contribution in [0.5, 0.6) is 0 Å². The van der Waals surface area contributed by atoms with Gasteiger partial charge in [-0.15, -0.1) is 22.7 Å². The molecule has 2 saturated heterocycles. The van der Waals surface area contributed by atoms with Crippen LogP contribution in [0.3, 0.4) is 0 Å². The van der Waals surface area contributed by atoms with E-state index in [-0.39, 0.29) is 35.7 Å². The van der Waals surface area contributed by atoms with Crippen LogP contribution in [0.2, 0.25) is 0 Å². The number of likely N-dealkylation sites (tertiary alicyclic amines) is 2. The number of methoxy groups -OCH3 is 2. The lowest BCUT2D eigenvalue weighted by molar-refractivity contribution is -0.136. The van der Waals surface area contributed by atoms with Gasteiger partial charge in [-0.2, -0.15) is 0 Å². The average molecular weight is 775 g/mol. The molecule has 2 fully saturated rings. The molecule has 0 saturated carbocycles. The number of nitrogens with zero attached hydrogens (tertiary/aromatic N) is 4. The lowest BCUT2D eigenvalue weighted by atomic mass is 10.0. The number of carbonyl (C=O) groups is 4. The number of carbonyl (C=O) groups excluding carboxylic acids is 4. The number of H-pyrrole nitrogens is 2. The molecule has 14 nitrogen and oxygen atoms in total. The van der Waals surface area contributed by atoms with Crippen molar-refractivity contribution < 1.29 is 28.7 Å². The van der Waals surface area contributed by atoms with Crippen molar-refractivity contribution >= 4 is 67.1 Å². The van der Waals surface area contributed by atoms with E-state index in [9.17, 15) is 19.2 Å². The lowest BCUT2D eigenvalue weighted by Crippen LogP contribution is -2.51. The van der Waals surface area contributed by atoms with E-state index < -0.39 is 24.3 Å². The maximum absolute atomic E-state index is 13.6. The summed E-state index contributed by atoms with van der Waals surface area (Å²) in [5.74, 6) is 1.01. The van der Waals surface area contributed by atoms with Crippen LogP contribution < -0.4 is 10.6 Å². The number of imidazole rings is 2. The number of hydrogen-bond acceptors (Lipinski definition) is 10. The number of nitrogens with one attached hydrogen (secondary N) is 4. The summed E-state index contributed by atoms with van der Waals surface area (Å²) < 4.78 is 11.9. The summed E-state index contributed by atoms with van der Waals surface area (Å²) in [6.07, 6.45) is 3.87. The first kappa shape index (κ1) is 37.4. The highest BCUT2D eigenvalue weighted by molar-refractivity contribution is 7.31. The number of alkyl carbamates (subject to hydrolysis) is 2. The fourth-order valence-electron chi connectivity index (χ4n) is 7.47. The predicted molar refractivity (Wildman–Crippen MR) is 208 cm³/mol. The smallest absolute Gasteiger partial charge is 0.407 e. The van der Waals surface area contributed by atoms with Gasteiger partial charge in [0.05, 0.1) is 54.1 Å². The molecular weight excluding hydrogens is 729 g/mol. The first-order chi connectivity index (χ1) is 25.9. The standard InChI is InChI=1S/C38H46N8O6S2/c1-19(2)31(43-37(49)51-5)35(47)45-13-7-9-25(45)33-39-18-24(42-33)28-17-30-29(54-28)16-27(53-30)21-11-12-22-23(15-21)41-34(40-22)26-10-8-14-46(26)36(48)32(20(3)4)44-38(50)52-6/h11-12,15-20,25-26,31-32H,7-10,13-14H2,1-6H3,(H,39,42)(H,40,41)(H,43,49)(H,44,50)/t25-,26?,31-,32-/m0/s1. The van der Waals surface area contributed by atoms with Gasteiger partial charge in [0.1, 0.15) is 23.7 Å². The van der Waals surface area contributed by atoms with Crippen LogP contribution in [0.15, 0.2) is 36.5 Å². The van der Waals surface area contributed by atoms with E-state index in [0.717, 1.165) is 69.4 Å². The van der Waals surface area contributed by atoms with Crippen molar-refractivity contribution in [3.8, 4) is 21.0 Å². The molecule has 5 aromatic rings. The molecule has 2 aliphatic rings. The van der Waals surface area contributed by atoms with E-state index in [2.05, 4.69) is 44.9 Å². The van der Waals surface area contributed by atoms with Crippen LogP contribution in [-0.4, -0.2) is 93.1 Å². The second-order valence-electron chi connectivity index (χ2n) is 14.6. The van der Waals surface area contributed by atoms with Crippen LogP contribution in [0.4, 0.5) is 9.59 Å². The summed E-state index contributed by atoms with van der Waals surface area (Å²) in [7, 11) is 2.58. The van der Waals surface area contributed by atoms with Crippen molar-refractivity contribution in [1.29, 1.82) is 0 Å². The first-order valence-corrected chi connectivity index (χ1v) is 20.0. The minimum Gasteiger partial charge on any atom is -0.453 e. The van der Waals surface area contributed by atoms with Crippen LogP contribution in [0, 0.1) is 11.8 Å². The van der Waals surface area contributed by atoms with Gasteiger partial charge in [0.2, 0.25) is 11.8 Å². The minimum absolute atomic E-state index is 0.102. The Bertz CT molecular complexity index is 2150. The summed E-state index contributed by atoms with van der Waals surface area (Å²) in [5, 5.41) is 5.41. The number of aromatic nitrogens is 4. The number of thiophene rings is 2. The zero-order valence-electron chi connectivity index (χ0n) is 31.2. The van der Waals surface area contributed by atoms with Crippen LogP contribution in [0.25, 0.3) is 41.4 Å². The lowest BCUT2D eigenvalue weighted by Gasteiger charge is -2.30. The highest BCUT2D eigenvalue weighted by Gasteiger charge is 2.39. The van der Waals surface area contributed by atoms with Gasteiger partial charge in [-0.05, 0) is 67.3 Å². The van der Waals surface area contributed by atoms with E-state index in [1.54, 1.807) is 22.7 Å². The van der Waals surface area contributed by atoms with Crippen molar-refractivity contribution in [2.45, 2.75) is 77.5 Å². The number of amides is 4. The second-order valence-corrected chi connectivity index (χ2v) is 16.7. The van der Waals surface area contributed by atoms with E-state index in [4.69, 9.17) is 19.4 Å². The van der Waals surface area contributed by atoms with Crippen LogP contribution >= 0.6 is 22.7 Å². The van der Waals surface area contributed by atoms with E-state index in [1.165, 1.54) is 23.6 Å². The quantitative estimate of drug-likeness (QED) is 0.118. The van der Waals surface area contributed by atoms with Crippen LogP contribution in [-0.2, 0) is 19.1 Å². The first-order valence-electron chi connectivity index (χ1n) is 18.3. The van der Waals surface area contributed by atoms with Crippen molar-refractivity contribution in [3.63, 3.8) is 0 Å². The molecular formula is C38H46N8O6S2. The predicted octanol–water partition coefficient (Wildman–Crippen LogP) is 6.98. The Balaban J connectivity index is 1.06. The molecule has 0 spiro atoms. The highest BCUT2D eigenvalue weighted by atomic mass is 32.1. The van der Waals surface area contributed by atoms with Crippen molar-refractivity contribution in [3.05, 3.63) is 48.2 Å². The van der Waals surface area contributed by atoms with Crippen molar-refractivity contribution in [2.24, 2.45) is 11.8 Å². The summed E-state index contributed by atoms with van der Waals surface area (Å²) in [5.41, 5.74) is 3.71. The molecule has 1 unspecified atom stereocenters. The highest BCUT2D eigenvalue weighted by Crippen LogP contribution is 2.43. The Kier molecular flexibility index (Phi) is 10.7. The maximum Gasteiger partial charge on any atom is 0.407 e. The monoisotopic (exact) mass is 774 g/mol. The minimum atomic E-state index is -0.688. The number of fused-ring (bicyclic) bond motifs is 2. The Morgan fingerprint density at radius 3 is 1.91 bits per heavy atom. The fraction of sp³-hybridized carbons (Fsp3) is 0.474. The molecule has 286 valence electrons. The van der Waals surface area contributed by atoms with Gasteiger partial charge in [-0.3, -0.25) is 9.59 Å². The molecule has 0 aliphatic carbocycles. The summed E-state index contributed by atoms with van der Waals surface area (Å²) in [6, 6.07) is 8.81. The second kappa shape index (κ2) is 15.4. The third kappa shape index (κ3) is 7.28. The molecule has 7 rings (SSSR count). The summed E-state index contributed by atoms with van der Waals surface area (Å²) in [4.78, 5) is 73.5. The number of hydrogen-bond donors (Lipinski definition) is 4. The molecule has 0 bridgehead atoms. The Hall–Kier alpha value is -4.96. The van der Waals surface area contributed by atoms with Gasteiger partial charge >= 0.3 is 12.2 Å². The molecule has 2 aliphatic heterocycles. The molecule has 54 heavy (non-hydrogen) atoms. The number of aromatic amines is 2. The van der Waals surface area contributed by atoms with Crippen molar-refractivity contribution in [2.75, 3.05) is 27.3 Å². The number of ether oxygens (including phenoxy) is 2. The van der Waals surface area contributed by atoms with Gasteiger partial charge < -0.3 is 39.9 Å². The number of rotatable bonds is 10. The van der Waals surface area contributed by atoms with E-state index >= 15 is 0 Å². The largest absolute Gasteiger partial charge is 0.453 e. The van der Waals surface area contributed by atoms with Gasteiger partial charge in [0.15, 0.2) is 0 Å². The third-order valence-corrected chi connectivity index (χ3v) is 12.7. The van der Waals surface area contributed by atoms with Gasteiger partial charge in [0.25, 0.3) is 0 Å². The zero-order chi connectivity index (χ0) is 38.3. The molecule has 6 heterocycles. The molecule has 1 aromatic carbocycles. The molecule has 0 radical (unpaired) electrons. The van der Waals surface area contributed by atoms with Gasteiger partial charge in [0, 0.05) is 27.4 Å². The number of benzene rings is 1. The molecule has 4 amide bonds. The van der Waals surface area contributed by atoms with E-state index in [1.807, 2.05) is 49.8 Å². The fourth-order valence-corrected chi connectivity index (χ4v) is 9.83. The van der Waals surface area contributed by atoms with Crippen molar-refractivity contribution in [1.82, 2.24) is 40.4 Å². The van der Waals surface area contributed by atoms with E-state index in [0.29, 0.717) is 13.1 Å². The van der Waals surface area contributed by atoms with Gasteiger partial charge in [-0.1, -0.05) is 33.8 Å². The maximum atomic E-state index is 13.6. The Morgan fingerprint density at radius 2 is 1.33 bits per heavy atom. The Morgan fingerprint density at radius 1 is 0.778 bits per heavy atom. The average Bonchev–Trinajstić information content (AvgIpc) is 3.99. The molecule has 4 atom stereocenters. The molecule has 16 heteroatoms.